The Morgan fingerprint density at radius 1 is 1.67 bits per heavy atom. The minimum Gasteiger partial charge on any atom is -0.299 e. The molecule has 3 heteroatoms. The maximum atomic E-state index is 12.1. The molecule has 0 aromatic heterocycles. The lowest BCUT2D eigenvalue weighted by atomic mass is 10.2. The van der Waals surface area contributed by atoms with Gasteiger partial charge < -0.3 is 0 Å². The Hall–Kier alpha value is -1.25. The molecule has 1 aliphatic rings. The van der Waals surface area contributed by atoms with Gasteiger partial charge in [0.2, 0.25) is 0 Å². The van der Waals surface area contributed by atoms with E-state index < -0.39 is 5.83 Å². The van der Waals surface area contributed by atoms with Crippen LogP contribution in [0.15, 0.2) is 29.2 Å². The molecule has 46 valence electrons. The van der Waals surface area contributed by atoms with Gasteiger partial charge in [0.05, 0.1) is 17.6 Å². The summed E-state index contributed by atoms with van der Waals surface area (Å²) in [4.78, 5) is 3.50. The lowest BCUT2D eigenvalue weighted by Crippen LogP contribution is -2.00. The summed E-state index contributed by atoms with van der Waals surface area (Å²) in [5.74, 6) is -0.493. The van der Waals surface area contributed by atoms with Gasteiger partial charge in [0.1, 0.15) is 5.83 Å². The van der Waals surface area contributed by atoms with Crippen LogP contribution < -0.4 is 0 Å². The van der Waals surface area contributed by atoms with E-state index in [-0.39, 0.29) is 5.71 Å². The monoisotopic (exact) mass is 124 g/mol. The van der Waals surface area contributed by atoms with Crippen molar-refractivity contribution in [3.63, 3.8) is 0 Å². The highest BCUT2D eigenvalue weighted by atomic mass is 19.1. The first-order valence-electron chi connectivity index (χ1n) is 2.39. The smallest absolute Gasteiger partial charge is 0.143 e. The van der Waals surface area contributed by atoms with Crippen molar-refractivity contribution in [2.75, 3.05) is 0 Å². The van der Waals surface area contributed by atoms with Gasteiger partial charge in [-0.25, -0.2) is 4.39 Å². The quantitative estimate of drug-likeness (QED) is 0.507. The summed E-state index contributed by atoms with van der Waals surface area (Å²) < 4.78 is 12.1. The largest absolute Gasteiger partial charge is 0.299 e. The van der Waals surface area contributed by atoms with Crippen molar-refractivity contribution in [1.29, 1.82) is 5.41 Å². The Morgan fingerprint density at radius 3 is 2.78 bits per heavy atom. The molecule has 0 aromatic rings. The number of allylic oxidation sites excluding steroid dienone is 2. The second-order valence-electron chi connectivity index (χ2n) is 1.65. The van der Waals surface area contributed by atoms with Crippen LogP contribution >= 0.6 is 0 Å². The van der Waals surface area contributed by atoms with Crippen LogP contribution in [0.3, 0.4) is 0 Å². The molecule has 0 aromatic carbocycles. The molecule has 1 N–H and O–H groups in total. The Kier molecular flexibility index (Phi) is 1.26. The third kappa shape index (κ3) is 1.10. The second-order valence-corrected chi connectivity index (χ2v) is 1.65. The molecular weight excluding hydrogens is 119 g/mol. The molecule has 0 fully saturated rings. The van der Waals surface area contributed by atoms with Crippen LogP contribution in [0.25, 0.3) is 0 Å². The van der Waals surface area contributed by atoms with Gasteiger partial charge in [-0.15, -0.1) is 0 Å². The van der Waals surface area contributed by atoms with Crippen molar-refractivity contribution in [3.8, 4) is 0 Å². The summed E-state index contributed by atoms with van der Waals surface area (Å²) in [5, 5.41) is 7.00. The maximum absolute atomic E-state index is 12.1. The van der Waals surface area contributed by atoms with E-state index in [0.717, 1.165) is 12.3 Å². The molecule has 0 saturated carbocycles. The average molecular weight is 124 g/mol. The summed E-state index contributed by atoms with van der Waals surface area (Å²) in [6.45, 7) is 3.40. The van der Waals surface area contributed by atoms with Gasteiger partial charge in [0, 0.05) is 6.08 Å². The van der Waals surface area contributed by atoms with Crippen molar-refractivity contribution >= 4 is 11.9 Å². The summed E-state index contributed by atoms with van der Waals surface area (Å²) in [6, 6.07) is 0. The first-order valence-corrected chi connectivity index (χ1v) is 2.39. The normalized spacial score (nSPS) is 18.1. The molecule has 0 amide bonds. The van der Waals surface area contributed by atoms with Crippen molar-refractivity contribution in [1.82, 2.24) is 0 Å². The van der Waals surface area contributed by atoms with E-state index in [9.17, 15) is 4.39 Å². The highest BCUT2D eigenvalue weighted by Crippen LogP contribution is 2.06. The summed E-state index contributed by atoms with van der Waals surface area (Å²) in [7, 11) is 0. The molecule has 2 nitrogen and oxygen atoms in total. The van der Waals surface area contributed by atoms with Crippen molar-refractivity contribution < 1.29 is 4.39 Å². The van der Waals surface area contributed by atoms with E-state index in [1.54, 1.807) is 0 Å². The van der Waals surface area contributed by atoms with Crippen molar-refractivity contribution in [3.05, 3.63) is 24.2 Å². The van der Waals surface area contributed by atoms with Gasteiger partial charge in [-0.1, -0.05) is 6.58 Å². The van der Waals surface area contributed by atoms with E-state index in [0.29, 0.717) is 5.70 Å². The molecule has 1 heterocycles. The predicted molar refractivity (Wildman–Crippen MR) is 34.5 cm³/mol. The van der Waals surface area contributed by atoms with Crippen molar-refractivity contribution in [2.24, 2.45) is 4.99 Å². The number of rotatable bonds is 0. The van der Waals surface area contributed by atoms with Crippen molar-refractivity contribution in [2.45, 2.75) is 0 Å². The molecule has 0 saturated heterocycles. The molecule has 0 bridgehead atoms. The number of nitrogens with one attached hydrogen (secondary N) is 1. The van der Waals surface area contributed by atoms with Crippen LogP contribution in [-0.4, -0.2) is 11.9 Å². The lowest BCUT2D eigenvalue weighted by Gasteiger charge is -2.00. The van der Waals surface area contributed by atoms with E-state index in [4.69, 9.17) is 5.41 Å². The van der Waals surface area contributed by atoms with E-state index in [1.165, 1.54) is 0 Å². The number of dihydropyridines is 1. The number of aliphatic imine (C=N–C) groups is 1. The first kappa shape index (κ1) is 5.88. The number of halogens is 1. The summed E-state index contributed by atoms with van der Waals surface area (Å²) >= 11 is 0. The minimum absolute atomic E-state index is 0.0370. The zero-order chi connectivity index (χ0) is 6.85. The molecule has 0 aliphatic carbocycles. The standard InChI is InChI=1S/C6H5FN2/c1-4-6(8)2-5(7)3-9-4/h2-3,8H,1H2. The molecule has 0 spiro atoms. The van der Waals surface area contributed by atoms with E-state index in [1.807, 2.05) is 0 Å². The Labute approximate surface area is 51.9 Å². The molecular formula is C6H5FN2. The number of nitrogens with zero attached hydrogens (tertiary/aromatic N) is 1. The van der Waals surface area contributed by atoms with Crippen LogP contribution in [0.1, 0.15) is 0 Å². The SMILES string of the molecule is C=C1N=CC(F)=CC1=N. The van der Waals surface area contributed by atoms with Gasteiger partial charge in [-0.2, -0.15) is 0 Å². The predicted octanol–water partition coefficient (Wildman–Crippen LogP) is 1.46. The van der Waals surface area contributed by atoms with Gasteiger partial charge in [-0.3, -0.25) is 10.4 Å². The molecule has 1 rings (SSSR count). The molecule has 0 unspecified atom stereocenters. The van der Waals surface area contributed by atoms with Gasteiger partial charge in [-0.05, 0) is 0 Å². The second kappa shape index (κ2) is 1.93. The Bertz CT molecular complexity index is 225. The molecule has 0 radical (unpaired) electrons. The number of hydrogen-bond acceptors (Lipinski definition) is 2. The van der Waals surface area contributed by atoms with Gasteiger partial charge in [0.25, 0.3) is 0 Å². The highest BCUT2D eigenvalue weighted by Gasteiger charge is 2.03. The summed E-state index contributed by atoms with van der Waals surface area (Å²) in [6.07, 6.45) is 2.12. The van der Waals surface area contributed by atoms with Crippen LogP contribution in [0.2, 0.25) is 0 Å². The fourth-order valence-corrected chi connectivity index (χ4v) is 0.468. The third-order valence-electron chi connectivity index (χ3n) is 0.937. The number of hydrogen-bond donors (Lipinski definition) is 1. The van der Waals surface area contributed by atoms with E-state index in [2.05, 4.69) is 11.6 Å². The highest BCUT2D eigenvalue weighted by molar-refractivity contribution is 6.11. The molecule has 9 heavy (non-hydrogen) atoms. The fraction of sp³-hybridized carbons (Fsp3) is 0. The lowest BCUT2D eigenvalue weighted by molar-refractivity contribution is 0.686. The van der Waals surface area contributed by atoms with E-state index >= 15 is 0 Å². The Balaban J connectivity index is 2.95. The first-order chi connectivity index (χ1) is 4.20. The van der Waals surface area contributed by atoms with Gasteiger partial charge >= 0.3 is 0 Å². The van der Waals surface area contributed by atoms with Crippen LogP contribution in [-0.2, 0) is 0 Å². The fourth-order valence-electron chi connectivity index (χ4n) is 0.468. The zero-order valence-corrected chi connectivity index (χ0v) is 4.69. The Morgan fingerprint density at radius 2 is 2.33 bits per heavy atom. The van der Waals surface area contributed by atoms with Crippen LogP contribution in [0.4, 0.5) is 4.39 Å². The molecule has 0 atom stereocenters. The topological polar surface area (TPSA) is 36.2 Å². The van der Waals surface area contributed by atoms with Crippen LogP contribution in [0, 0.1) is 5.41 Å². The molecule has 1 aliphatic heterocycles. The third-order valence-corrected chi connectivity index (χ3v) is 0.937. The average Bonchev–Trinajstić information content (AvgIpc) is 1.80. The minimum atomic E-state index is -0.493. The maximum Gasteiger partial charge on any atom is 0.143 e. The van der Waals surface area contributed by atoms with Crippen LogP contribution in [0.5, 0.6) is 0 Å². The zero-order valence-electron chi connectivity index (χ0n) is 4.69. The van der Waals surface area contributed by atoms with Gasteiger partial charge in [0.15, 0.2) is 0 Å². The summed E-state index contributed by atoms with van der Waals surface area (Å²) in [5.41, 5.74) is 0.339.